The zero-order chi connectivity index (χ0) is 22.9. The van der Waals surface area contributed by atoms with Crippen molar-refractivity contribution < 1.29 is 24.5 Å². The number of aliphatic hydroxyl groups is 1. The lowest BCUT2D eigenvalue weighted by Crippen LogP contribution is -2.16. The van der Waals surface area contributed by atoms with Crippen molar-refractivity contribution in [1.29, 1.82) is 0 Å². The van der Waals surface area contributed by atoms with Crippen molar-refractivity contribution >= 4 is 16.8 Å². The molecule has 6 heteroatoms. The summed E-state index contributed by atoms with van der Waals surface area (Å²) in [6, 6.07) is 10.1. The topological polar surface area (TPSA) is 108 Å². The molecule has 31 heavy (non-hydrogen) atoms. The first-order chi connectivity index (χ1) is 14.7. The Labute approximate surface area is 180 Å². The van der Waals surface area contributed by atoms with Crippen LogP contribution in [0.25, 0.3) is 22.1 Å². The molecule has 2 atom stereocenters. The zero-order valence-electron chi connectivity index (χ0n) is 17.8. The summed E-state index contributed by atoms with van der Waals surface area (Å²) in [4.78, 5) is 25.5. The van der Waals surface area contributed by atoms with Crippen LogP contribution in [-0.4, -0.2) is 27.2 Å². The monoisotopic (exact) mass is 422 g/mol. The van der Waals surface area contributed by atoms with Gasteiger partial charge in [-0.1, -0.05) is 56.3 Å². The summed E-state index contributed by atoms with van der Waals surface area (Å²) in [5, 5.41) is 32.6. The number of hydrogen-bond acceptors (Lipinski definition) is 6. The standard InChI is InChI=1S/C25H26O6/c1-5-14(4)22(28)21-24(30)17(11-18(26)13(2)3)23(29)20-16(12-19(27)31-25(20)21)15-9-7-6-8-10-15/h6-10,12,14,18,26,29-30H,2,5,11H2,1,3-4H3/t14-,18-/m1/s1. The minimum Gasteiger partial charge on any atom is -0.507 e. The molecule has 6 nitrogen and oxygen atoms in total. The van der Waals surface area contributed by atoms with Gasteiger partial charge in [0.1, 0.15) is 17.1 Å². The summed E-state index contributed by atoms with van der Waals surface area (Å²) in [5.41, 5.74) is 0.403. The molecular weight excluding hydrogens is 396 g/mol. The van der Waals surface area contributed by atoms with Crippen LogP contribution in [0.5, 0.6) is 11.5 Å². The molecule has 2 aromatic carbocycles. The van der Waals surface area contributed by atoms with Gasteiger partial charge in [0.25, 0.3) is 0 Å². The van der Waals surface area contributed by atoms with Crippen molar-refractivity contribution in [2.24, 2.45) is 5.92 Å². The molecule has 0 amide bonds. The van der Waals surface area contributed by atoms with Crippen molar-refractivity contribution in [3.63, 3.8) is 0 Å². The van der Waals surface area contributed by atoms with Gasteiger partial charge in [0.2, 0.25) is 0 Å². The molecule has 0 saturated carbocycles. The van der Waals surface area contributed by atoms with E-state index in [2.05, 4.69) is 6.58 Å². The fourth-order valence-corrected chi connectivity index (χ4v) is 3.49. The van der Waals surface area contributed by atoms with Crippen LogP contribution in [0, 0.1) is 5.92 Å². The van der Waals surface area contributed by atoms with E-state index in [0.717, 1.165) is 0 Å². The largest absolute Gasteiger partial charge is 0.507 e. The second-order valence-corrected chi connectivity index (χ2v) is 7.84. The Bertz CT molecular complexity index is 1210. The van der Waals surface area contributed by atoms with Crippen LogP contribution in [0.2, 0.25) is 0 Å². The number of aliphatic hydroxyl groups excluding tert-OH is 1. The third-order valence-corrected chi connectivity index (χ3v) is 5.59. The Kier molecular flexibility index (Phi) is 6.32. The van der Waals surface area contributed by atoms with Crippen LogP contribution in [-0.2, 0) is 6.42 Å². The van der Waals surface area contributed by atoms with E-state index in [-0.39, 0.29) is 34.3 Å². The third kappa shape index (κ3) is 4.11. The number of benzene rings is 2. The van der Waals surface area contributed by atoms with E-state index in [0.29, 0.717) is 23.1 Å². The number of carbonyl (C=O) groups is 1. The lowest BCUT2D eigenvalue weighted by atomic mass is 9.88. The number of phenolic OH excluding ortho intramolecular Hbond substituents is 2. The van der Waals surface area contributed by atoms with Gasteiger partial charge >= 0.3 is 5.63 Å². The highest BCUT2D eigenvalue weighted by molar-refractivity contribution is 6.14. The highest BCUT2D eigenvalue weighted by Crippen LogP contribution is 2.45. The van der Waals surface area contributed by atoms with Crippen molar-refractivity contribution in [3.05, 3.63) is 70.1 Å². The van der Waals surface area contributed by atoms with E-state index in [1.807, 2.05) is 13.0 Å². The summed E-state index contributed by atoms with van der Waals surface area (Å²) in [6.45, 7) is 8.88. The predicted molar refractivity (Wildman–Crippen MR) is 120 cm³/mol. The number of ketones is 1. The second kappa shape index (κ2) is 8.78. The quantitative estimate of drug-likeness (QED) is 0.292. The maximum absolute atomic E-state index is 13.2. The Morgan fingerprint density at radius 2 is 1.81 bits per heavy atom. The first kappa shape index (κ1) is 22.3. The minimum absolute atomic E-state index is 0.000633. The average molecular weight is 422 g/mol. The van der Waals surface area contributed by atoms with E-state index in [1.165, 1.54) is 6.07 Å². The van der Waals surface area contributed by atoms with E-state index in [9.17, 15) is 24.9 Å². The summed E-state index contributed by atoms with van der Waals surface area (Å²) >= 11 is 0. The molecule has 0 saturated heterocycles. The Hall–Kier alpha value is -3.38. The molecule has 1 aromatic heterocycles. The highest BCUT2D eigenvalue weighted by Gasteiger charge is 2.30. The van der Waals surface area contributed by atoms with E-state index >= 15 is 0 Å². The van der Waals surface area contributed by atoms with Gasteiger partial charge in [-0.15, -0.1) is 0 Å². The summed E-state index contributed by atoms with van der Waals surface area (Å²) < 4.78 is 5.36. The zero-order valence-corrected chi connectivity index (χ0v) is 17.8. The summed E-state index contributed by atoms with van der Waals surface area (Å²) in [7, 11) is 0. The fraction of sp³-hybridized carbons (Fsp3) is 0.280. The first-order valence-corrected chi connectivity index (χ1v) is 10.1. The molecule has 0 aliphatic carbocycles. The molecule has 0 radical (unpaired) electrons. The maximum atomic E-state index is 13.2. The van der Waals surface area contributed by atoms with Gasteiger partial charge in [-0.2, -0.15) is 0 Å². The van der Waals surface area contributed by atoms with Crippen LogP contribution in [0.15, 0.2) is 57.8 Å². The van der Waals surface area contributed by atoms with Crippen LogP contribution in [0.3, 0.4) is 0 Å². The Morgan fingerprint density at radius 3 is 2.39 bits per heavy atom. The number of carbonyl (C=O) groups excluding carboxylic acids is 1. The van der Waals surface area contributed by atoms with Gasteiger partial charge in [0.15, 0.2) is 11.4 Å². The number of hydrogen-bond donors (Lipinski definition) is 3. The Morgan fingerprint density at radius 1 is 1.16 bits per heavy atom. The molecular formula is C25H26O6. The molecule has 0 bridgehead atoms. The molecule has 0 fully saturated rings. The minimum atomic E-state index is -1.04. The number of aromatic hydroxyl groups is 2. The maximum Gasteiger partial charge on any atom is 0.336 e. The molecule has 162 valence electrons. The number of rotatable bonds is 7. The van der Waals surface area contributed by atoms with Gasteiger partial charge in [0.05, 0.1) is 11.5 Å². The lowest BCUT2D eigenvalue weighted by Gasteiger charge is -2.19. The number of Topliss-reactive ketones (excluding diaryl/α,β-unsaturated/α-hetero) is 1. The van der Waals surface area contributed by atoms with Crippen LogP contribution >= 0.6 is 0 Å². The van der Waals surface area contributed by atoms with Crippen LogP contribution < -0.4 is 5.63 Å². The smallest absolute Gasteiger partial charge is 0.336 e. The first-order valence-electron chi connectivity index (χ1n) is 10.1. The molecule has 0 spiro atoms. The predicted octanol–water partition coefficient (Wildman–Crippen LogP) is 4.58. The van der Waals surface area contributed by atoms with Gasteiger partial charge in [-0.05, 0) is 18.9 Å². The van der Waals surface area contributed by atoms with E-state index in [1.54, 1.807) is 38.1 Å². The van der Waals surface area contributed by atoms with Crippen molar-refractivity contribution in [2.75, 3.05) is 0 Å². The van der Waals surface area contributed by atoms with Gasteiger partial charge in [0, 0.05) is 29.5 Å². The highest BCUT2D eigenvalue weighted by atomic mass is 16.4. The lowest BCUT2D eigenvalue weighted by molar-refractivity contribution is 0.0924. The molecule has 1 heterocycles. The SMILES string of the molecule is C=C(C)[C@H](O)Cc1c(O)c(C(=O)[C@H](C)CC)c2oc(=O)cc(-c3ccccc3)c2c1O. The van der Waals surface area contributed by atoms with Gasteiger partial charge in [-0.3, -0.25) is 4.79 Å². The second-order valence-electron chi connectivity index (χ2n) is 7.84. The van der Waals surface area contributed by atoms with Crippen molar-refractivity contribution in [2.45, 2.75) is 39.7 Å². The molecule has 0 aliphatic heterocycles. The third-order valence-electron chi connectivity index (χ3n) is 5.59. The Balaban J connectivity index is 2.48. The molecule has 0 unspecified atom stereocenters. The average Bonchev–Trinajstić information content (AvgIpc) is 2.75. The van der Waals surface area contributed by atoms with Crippen LogP contribution in [0.4, 0.5) is 0 Å². The summed E-state index contributed by atoms with van der Waals surface area (Å²) in [5.74, 6) is -1.72. The normalized spacial score (nSPS) is 13.2. The number of phenols is 2. The molecule has 3 rings (SSSR count). The molecule has 0 aliphatic rings. The van der Waals surface area contributed by atoms with Crippen molar-refractivity contribution in [3.8, 4) is 22.6 Å². The van der Waals surface area contributed by atoms with E-state index < -0.39 is 29.2 Å². The van der Waals surface area contributed by atoms with Crippen molar-refractivity contribution in [1.82, 2.24) is 0 Å². The fourth-order valence-electron chi connectivity index (χ4n) is 3.49. The molecule has 3 aromatic rings. The summed E-state index contributed by atoms with van der Waals surface area (Å²) in [6.07, 6.45) is -0.693. The van der Waals surface area contributed by atoms with Gasteiger partial charge < -0.3 is 19.7 Å². The molecule has 3 N–H and O–H groups in total. The van der Waals surface area contributed by atoms with Crippen LogP contribution in [0.1, 0.15) is 43.1 Å². The number of fused-ring (bicyclic) bond motifs is 1. The van der Waals surface area contributed by atoms with Gasteiger partial charge in [-0.25, -0.2) is 4.79 Å². The van der Waals surface area contributed by atoms with E-state index in [4.69, 9.17) is 4.42 Å².